The van der Waals surface area contributed by atoms with E-state index in [1.165, 1.54) is 54.9 Å². The number of nitrogens with zero attached hydrogens (tertiary/aromatic N) is 3. The van der Waals surface area contributed by atoms with Crippen molar-refractivity contribution >= 4 is 25.7 Å². The number of nitro groups is 1. The van der Waals surface area contributed by atoms with Crippen molar-refractivity contribution in [2.75, 3.05) is 40.4 Å². The minimum absolute atomic E-state index is 0.000131. The van der Waals surface area contributed by atoms with E-state index in [0.29, 0.717) is 5.75 Å². The van der Waals surface area contributed by atoms with Crippen molar-refractivity contribution in [1.29, 1.82) is 0 Å². The summed E-state index contributed by atoms with van der Waals surface area (Å²) in [6, 6.07) is 8.98. The third kappa shape index (κ3) is 4.49. The number of benzene rings is 2. The molecule has 0 aliphatic carbocycles. The maximum atomic E-state index is 13.0. The van der Waals surface area contributed by atoms with Crippen LogP contribution in [0.25, 0.3) is 0 Å². The highest BCUT2D eigenvalue weighted by Gasteiger charge is 2.34. The van der Waals surface area contributed by atoms with Gasteiger partial charge in [0.15, 0.2) is 11.5 Å². The maximum Gasteiger partial charge on any atom is 0.270 e. The molecule has 0 aromatic heterocycles. The van der Waals surface area contributed by atoms with E-state index < -0.39 is 25.0 Å². The summed E-state index contributed by atoms with van der Waals surface area (Å²) in [6.07, 6.45) is 0. The van der Waals surface area contributed by atoms with Gasteiger partial charge in [0.25, 0.3) is 5.69 Å². The Hall–Kier alpha value is -2.74. The van der Waals surface area contributed by atoms with Crippen molar-refractivity contribution in [3.8, 4) is 11.5 Å². The number of piperazine rings is 1. The predicted molar refractivity (Wildman–Crippen MR) is 110 cm³/mol. The summed E-state index contributed by atoms with van der Waals surface area (Å²) in [4.78, 5) is 10.1. The monoisotopic (exact) mass is 471 g/mol. The number of hydrogen-bond donors (Lipinski definition) is 0. The van der Waals surface area contributed by atoms with Gasteiger partial charge in [-0.3, -0.25) is 10.1 Å². The zero-order chi connectivity index (χ0) is 22.8. The molecule has 0 bridgehead atoms. The number of hydrogen-bond acceptors (Lipinski definition) is 8. The molecule has 0 N–H and O–H groups in total. The number of rotatable bonds is 7. The molecule has 1 saturated heterocycles. The summed E-state index contributed by atoms with van der Waals surface area (Å²) in [7, 11) is -5.05. The van der Waals surface area contributed by atoms with Crippen molar-refractivity contribution in [1.82, 2.24) is 8.61 Å². The van der Waals surface area contributed by atoms with E-state index in [4.69, 9.17) is 9.47 Å². The van der Waals surface area contributed by atoms with Crippen molar-refractivity contribution in [3.63, 3.8) is 0 Å². The molecule has 2 aromatic rings. The molecule has 0 atom stereocenters. The highest BCUT2D eigenvalue weighted by atomic mass is 32.2. The van der Waals surface area contributed by atoms with E-state index in [-0.39, 0.29) is 47.4 Å². The van der Waals surface area contributed by atoms with Crippen LogP contribution in [0.4, 0.5) is 5.69 Å². The highest BCUT2D eigenvalue weighted by Crippen LogP contribution is 2.31. The summed E-state index contributed by atoms with van der Waals surface area (Å²) in [5.74, 6) is 0.643. The Morgan fingerprint density at radius 1 is 0.806 bits per heavy atom. The number of ether oxygens (including phenoxy) is 2. The largest absolute Gasteiger partial charge is 0.493 e. The lowest BCUT2D eigenvalue weighted by Crippen LogP contribution is -2.50. The molecule has 1 fully saturated rings. The summed E-state index contributed by atoms with van der Waals surface area (Å²) >= 11 is 0. The molecule has 1 heterocycles. The molecule has 0 radical (unpaired) electrons. The molecule has 11 nitrogen and oxygen atoms in total. The zero-order valence-electron chi connectivity index (χ0n) is 16.8. The molecule has 168 valence electrons. The summed E-state index contributed by atoms with van der Waals surface area (Å²) in [5.41, 5.74) is -0.337. The van der Waals surface area contributed by atoms with Crippen LogP contribution in [-0.4, -0.2) is 70.8 Å². The highest BCUT2D eigenvalue weighted by molar-refractivity contribution is 7.89. The quantitative estimate of drug-likeness (QED) is 0.435. The van der Waals surface area contributed by atoms with Crippen LogP contribution in [0.3, 0.4) is 0 Å². The molecular weight excluding hydrogens is 450 g/mol. The maximum absolute atomic E-state index is 13.0. The molecule has 1 aliphatic rings. The van der Waals surface area contributed by atoms with Gasteiger partial charge in [0, 0.05) is 44.4 Å². The molecule has 0 amide bonds. The minimum atomic E-state index is -4.00. The summed E-state index contributed by atoms with van der Waals surface area (Å²) in [6.45, 7) is -0.301. The third-order valence-corrected chi connectivity index (χ3v) is 8.65. The Bertz CT molecular complexity index is 1190. The molecule has 1 aliphatic heterocycles. The first-order chi connectivity index (χ1) is 14.6. The van der Waals surface area contributed by atoms with Crippen molar-refractivity contribution in [2.45, 2.75) is 9.79 Å². The van der Waals surface area contributed by atoms with Crippen LogP contribution in [0.1, 0.15) is 0 Å². The standard InChI is InChI=1S/C18H21N3O8S2/c1-28-17-7-6-16(13-18(17)29-2)31(26,27)20-10-8-19(9-11-20)30(24,25)15-5-3-4-14(12-15)21(22)23/h3-7,12-13H,8-11H2,1-2H3. The van der Waals surface area contributed by atoms with Crippen LogP contribution < -0.4 is 9.47 Å². The molecule has 3 rings (SSSR count). The first kappa shape index (κ1) is 22.9. The van der Waals surface area contributed by atoms with Crippen LogP contribution in [0.5, 0.6) is 11.5 Å². The van der Waals surface area contributed by atoms with Crippen LogP contribution in [0, 0.1) is 10.1 Å². The zero-order valence-corrected chi connectivity index (χ0v) is 18.4. The fourth-order valence-electron chi connectivity index (χ4n) is 3.18. The SMILES string of the molecule is COc1ccc(S(=O)(=O)N2CCN(S(=O)(=O)c3cccc([N+](=O)[O-])c3)CC2)cc1OC. The molecular formula is C18H21N3O8S2. The van der Waals surface area contributed by atoms with Crippen LogP contribution >= 0.6 is 0 Å². The van der Waals surface area contributed by atoms with Gasteiger partial charge in [-0.25, -0.2) is 16.8 Å². The molecule has 31 heavy (non-hydrogen) atoms. The predicted octanol–water partition coefficient (Wildman–Crippen LogP) is 1.31. The molecule has 0 spiro atoms. The fraction of sp³-hybridized carbons (Fsp3) is 0.333. The van der Waals surface area contributed by atoms with Gasteiger partial charge in [-0.1, -0.05) is 6.07 Å². The Morgan fingerprint density at radius 2 is 1.32 bits per heavy atom. The summed E-state index contributed by atoms with van der Waals surface area (Å²) in [5, 5.41) is 10.9. The smallest absolute Gasteiger partial charge is 0.270 e. The first-order valence-corrected chi connectivity index (χ1v) is 12.0. The van der Waals surface area contributed by atoms with Gasteiger partial charge >= 0.3 is 0 Å². The van der Waals surface area contributed by atoms with Gasteiger partial charge in [-0.05, 0) is 18.2 Å². The van der Waals surface area contributed by atoms with Gasteiger partial charge in [0.05, 0.1) is 28.9 Å². The fourth-order valence-corrected chi connectivity index (χ4v) is 6.08. The first-order valence-electron chi connectivity index (χ1n) is 9.08. The van der Waals surface area contributed by atoms with Gasteiger partial charge < -0.3 is 9.47 Å². The lowest BCUT2D eigenvalue weighted by Gasteiger charge is -2.33. The summed E-state index contributed by atoms with van der Waals surface area (Å²) < 4.78 is 64.2. The van der Waals surface area contributed by atoms with E-state index in [9.17, 15) is 26.9 Å². The lowest BCUT2D eigenvalue weighted by molar-refractivity contribution is -0.385. The third-order valence-electron chi connectivity index (χ3n) is 4.86. The Kier molecular flexibility index (Phi) is 6.50. The average Bonchev–Trinajstić information content (AvgIpc) is 2.78. The lowest BCUT2D eigenvalue weighted by atomic mass is 10.3. The average molecular weight is 472 g/mol. The molecule has 2 aromatic carbocycles. The second kappa shape index (κ2) is 8.78. The van der Waals surface area contributed by atoms with E-state index in [2.05, 4.69) is 0 Å². The van der Waals surface area contributed by atoms with Crippen molar-refractivity contribution in [2.24, 2.45) is 0 Å². The minimum Gasteiger partial charge on any atom is -0.493 e. The second-order valence-electron chi connectivity index (χ2n) is 6.58. The van der Waals surface area contributed by atoms with E-state index in [1.54, 1.807) is 0 Å². The van der Waals surface area contributed by atoms with E-state index in [1.807, 2.05) is 0 Å². The number of non-ortho nitro benzene ring substituents is 1. The van der Waals surface area contributed by atoms with Crippen LogP contribution in [0.15, 0.2) is 52.3 Å². The molecule has 0 saturated carbocycles. The number of nitro benzene ring substituents is 1. The Labute approximate surface area is 180 Å². The molecule has 13 heteroatoms. The van der Waals surface area contributed by atoms with E-state index >= 15 is 0 Å². The van der Waals surface area contributed by atoms with Gasteiger partial charge in [-0.15, -0.1) is 0 Å². The number of methoxy groups -OCH3 is 2. The topological polar surface area (TPSA) is 136 Å². The second-order valence-corrected chi connectivity index (χ2v) is 10.5. The van der Waals surface area contributed by atoms with Gasteiger partial charge in [0.1, 0.15) is 0 Å². The van der Waals surface area contributed by atoms with Crippen molar-refractivity contribution in [3.05, 3.63) is 52.6 Å². The Morgan fingerprint density at radius 3 is 1.81 bits per heavy atom. The normalized spacial score (nSPS) is 16.1. The van der Waals surface area contributed by atoms with E-state index in [0.717, 1.165) is 10.4 Å². The van der Waals surface area contributed by atoms with Crippen molar-refractivity contribution < 1.29 is 31.2 Å². The van der Waals surface area contributed by atoms with Gasteiger partial charge in [0.2, 0.25) is 20.0 Å². The number of sulfonamides is 2. The van der Waals surface area contributed by atoms with Gasteiger partial charge in [-0.2, -0.15) is 8.61 Å². The molecule has 0 unspecified atom stereocenters. The van der Waals surface area contributed by atoms with Crippen LogP contribution in [-0.2, 0) is 20.0 Å². The Balaban J connectivity index is 1.78. The van der Waals surface area contributed by atoms with Crippen LogP contribution in [0.2, 0.25) is 0 Å².